The molecule has 3 unspecified atom stereocenters. The fourth-order valence-electron chi connectivity index (χ4n) is 8.50. The van der Waals surface area contributed by atoms with Crippen LogP contribution in [0, 0.1) is 11.3 Å². The Kier molecular flexibility index (Phi) is 11.1. The van der Waals surface area contributed by atoms with Crippen molar-refractivity contribution in [1.82, 2.24) is 29.2 Å². The van der Waals surface area contributed by atoms with Crippen LogP contribution in [0.25, 0.3) is 11.0 Å². The number of carbonyl (C=O) groups is 5. The summed E-state index contributed by atoms with van der Waals surface area (Å²) in [5, 5.41) is 2.34. The number of rotatable bonds is 7. The number of hydrogen-bond acceptors (Lipinski definition) is 9. The van der Waals surface area contributed by atoms with Crippen LogP contribution in [0.5, 0.6) is 0 Å². The highest BCUT2D eigenvalue weighted by atomic mass is 16.6. The summed E-state index contributed by atoms with van der Waals surface area (Å²) in [6.07, 6.45) is 1.34. The number of imidazole rings is 1. The van der Waals surface area contributed by atoms with Crippen molar-refractivity contribution in [3.05, 3.63) is 70.1 Å². The van der Waals surface area contributed by atoms with Gasteiger partial charge in [0.05, 0.1) is 30.2 Å². The molecule has 4 saturated heterocycles. The summed E-state index contributed by atoms with van der Waals surface area (Å²) in [5.41, 5.74) is 8.94. The van der Waals surface area contributed by atoms with Crippen molar-refractivity contribution in [3.8, 4) is 0 Å². The zero-order valence-corrected chi connectivity index (χ0v) is 32.6. The molecule has 0 bridgehead atoms. The second-order valence-electron chi connectivity index (χ2n) is 16.7. The third-order valence-corrected chi connectivity index (χ3v) is 12.0. The average molecular weight is 772 g/mol. The Bertz CT molecular complexity index is 2050. The Morgan fingerprint density at radius 1 is 0.929 bits per heavy atom. The molecule has 7 rings (SSSR count). The van der Waals surface area contributed by atoms with E-state index in [1.54, 1.807) is 16.8 Å². The number of nitrogens with zero attached hydrogens (tertiary/aromatic N) is 5. The van der Waals surface area contributed by atoms with E-state index in [-0.39, 0.29) is 54.8 Å². The highest BCUT2D eigenvalue weighted by molar-refractivity contribution is 6.00. The first kappa shape index (κ1) is 39.2. The van der Waals surface area contributed by atoms with Crippen LogP contribution in [0.1, 0.15) is 76.1 Å². The minimum Gasteiger partial charge on any atom is -0.443 e. The predicted molar refractivity (Wildman–Crippen MR) is 206 cm³/mol. The van der Waals surface area contributed by atoms with Crippen molar-refractivity contribution in [2.24, 2.45) is 24.1 Å². The Morgan fingerprint density at radius 2 is 1.66 bits per heavy atom. The lowest BCUT2D eigenvalue weighted by Gasteiger charge is -2.39. The molecule has 1 aromatic heterocycles. The first-order chi connectivity index (χ1) is 26.7. The highest BCUT2D eigenvalue weighted by Crippen LogP contribution is 2.32. The lowest BCUT2D eigenvalue weighted by molar-refractivity contribution is -0.153. The molecule has 4 aliphatic heterocycles. The van der Waals surface area contributed by atoms with E-state index in [1.807, 2.05) is 69.3 Å². The molecule has 15 nitrogen and oxygen atoms in total. The zero-order chi connectivity index (χ0) is 39.9. The highest BCUT2D eigenvalue weighted by Gasteiger charge is 2.49. The summed E-state index contributed by atoms with van der Waals surface area (Å²) in [6.45, 7) is 7.87. The first-order valence-corrected chi connectivity index (χ1v) is 19.7. The molecule has 3 N–H and O–H groups in total. The molecule has 3 aromatic rings. The number of aromatic nitrogens is 2. The topological polar surface area (TPSA) is 179 Å². The lowest BCUT2D eigenvalue weighted by atomic mass is 9.86. The van der Waals surface area contributed by atoms with Gasteiger partial charge >= 0.3 is 11.8 Å². The van der Waals surface area contributed by atoms with Gasteiger partial charge in [0.25, 0.3) is 0 Å². The minimum absolute atomic E-state index is 0.178. The SMILES string of the molecule is Cn1c(=O)n(C2CCC(=O)NC2=O)c2ccc(CC3CCN(C(=O)OC4CCN(C(=O)[C@@H](N)C(C)(C)C)C4C(=O)N4CCO[C@H](c5ccccc5)C4)CC3)cc21. The smallest absolute Gasteiger partial charge is 0.410 e. The summed E-state index contributed by atoms with van der Waals surface area (Å²) < 4.78 is 15.1. The first-order valence-electron chi connectivity index (χ1n) is 19.7. The molecule has 4 fully saturated rings. The van der Waals surface area contributed by atoms with Crippen LogP contribution in [0.2, 0.25) is 0 Å². The molecular formula is C41H53N7O8. The minimum atomic E-state index is -0.998. The molecule has 0 saturated carbocycles. The molecular weight excluding hydrogens is 718 g/mol. The Labute approximate surface area is 326 Å². The molecule has 0 spiro atoms. The van der Waals surface area contributed by atoms with Gasteiger partial charge in [0.15, 0.2) is 0 Å². The largest absolute Gasteiger partial charge is 0.443 e. The quantitative estimate of drug-likeness (QED) is 0.342. The van der Waals surface area contributed by atoms with E-state index in [2.05, 4.69) is 5.32 Å². The van der Waals surface area contributed by atoms with Crippen LogP contribution in [0.15, 0.2) is 53.3 Å². The number of morpholine rings is 1. The number of fused-ring (bicyclic) bond motifs is 1. The van der Waals surface area contributed by atoms with Crippen LogP contribution in [0.4, 0.5) is 4.79 Å². The zero-order valence-electron chi connectivity index (χ0n) is 32.6. The molecule has 0 aliphatic carbocycles. The average Bonchev–Trinajstić information content (AvgIpc) is 3.71. The summed E-state index contributed by atoms with van der Waals surface area (Å²) in [4.78, 5) is 84.3. The number of nitrogens with two attached hydrogens (primary N) is 1. The number of nitrogens with one attached hydrogen (secondary N) is 1. The van der Waals surface area contributed by atoms with E-state index in [0.29, 0.717) is 50.2 Å². The van der Waals surface area contributed by atoms with Crippen LogP contribution in [-0.2, 0) is 42.1 Å². The number of carbonyl (C=O) groups excluding carboxylic acids is 5. The number of piperidine rings is 2. The maximum Gasteiger partial charge on any atom is 0.410 e. The van der Waals surface area contributed by atoms with Crippen LogP contribution < -0.4 is 16.7 Å². The van der Waals surface area contributed by atoms with E-state index in [4.69, 9.17) is 15.2 Å². The number of aryl methyl sites for hydroxylation is 1. The number of ether oxygens (including phenoxy) is 2. The summed E-state index contributed by atoms with van der Waals surface area (Å²) in [5.74, 6) is -1.14. The lowest BCUT2D eigenvalue weighted by Crippen LogP contribution is -2.59. The molecule has 300 valence electrons. The van der Waals surface area contributed by atoms with Gasteiger partial charge in [-0.25, -0.2) is 9.59 Å². The van der Waals surface area contributed by atoms with E-state index in [9.17, 15) is 28.8 Å². The third-order valence-electron chi connectivity index (χ3n) is 12.0. The van der Waals surface area contributed by atoms with E-state index in [0.717, 1.165) is 30.4 Å². The van der Waals surface area contributed by atoms with Gasteiger partial charge < -0.3 is 29.9 Å². The van der Waals surface area contributed by atoms with Gasteiger partial charge in [-0.3, -0.25) is 33.6 Å². The fraction of sp³-hybridized carbons (Fsp3) is 0.561. The Balaban J connectivity index is 1.00. The van der Waals surface area contributed by atoms with Gasteiger partial charge in [-0.1, -0.05) is 57.2 Å². The van der Waals surface area contributed by atoms with Gasteiger partial charge in [0.2, 0.25) is 23.6 Å². The van der Waals surface area contributed by atoms with Gasteiger partial charge in [-0.15, -0.1) is 0 Å². The normalized spacial score (nSPS) is 24.3. The number of hydrogen-bond donors (Lipinski definition) is 2. The Hall–Kier alpha value is -5.02. The van der Waals surface area contributed by atoms with Crippen molar-refractivity contribution < 1.29 is 33.4 Å². The number of imide groups is 1. The van der Waals surface area contributed by atoms with Gasteiger partial charge in [-0.05, 0) is 60.3 Å². The fourth-order valence-corrected chi connectivity index (χ4v) is 8.50. The Morgan fingerprint density at radius 3 is 2.36 bits per heavy atom. The van der Waals surface area contributed by atoms with E-state index >= 15 is 0 Å². The number of benzene rings is 2. The number of amides is 5. The van der Waals surface area contributed by atoms with Crippen molar-refractivity contribution in [1.29, 1.82) is 0 Å². The van der Waals surface area contributed by atoms with Crippen molar-refractivity contribution in [2.45, 2.75) is 89.6 Å². The molecule has 15 heteroatoms. The van der Waals surface area contributed by atoms with E-state index < -0.39 is 41.6 Å². The monoisotopic (exact) mass is 771 g/mol. The summed E-state index contributed by atoms with van der Waals surface area (Å²) >= 11 is 0. The molecule has 2 aromatic carbocycles. The molecule has 0 radical (unpaired) electrons. The third kappa shape index (κ3) is 7.83. The second-order valence-corrected chi connectivity index (χ2v) is 16.7. The van der Waals surface area contributed by atoms with Gasteiger partial charge in [0, 0.05) is 46.1 Å². The summed E-state index contributed by atoms with van der Waals surface area (Å²) in [6, 6.07) is 12.9. The molecule has 5 heterocycles. The standard InChI is InChI=1S/C41H53N7O8/c1-41(2,3)35(42)38(52)47-19-16-31(34(47)37(51)46-20-21-55-32(24-46)27-8-6-5-7-9-27)56-40(54)45-17-14-25(15-18-45)22-26-10-11-28-30(23-26)44(4)39(53)48(28)29-12-13-33(49)43-36(29)50/h5-11,23,25,29,31-32,34-35H,12-22,24,42H2,1-4H3,(H,43,49,50)/t29?,31?,32-,34?,35+/m0/s1. The van der Waals surface area contributed by atoms with E-state index in [1.165, 1.54) is 14.0 Å². The van der Waals surface area contributed by atoms with Crippen molar-refractivity contribution >= 4 is 40.8 Å². The second kappa shape index (κ2) is 15.8. The van der Waals surface area contributed by atoms with Crippen LogP contribution in [0.3, 0.4) is 0 Å². The van der Waals surface area contributed by atoms with Crippen LogP contribution >= 0.6 is 0 Å². The van der Waals surface area contributed by atoms with Crippen LogP contribution in [-0.4, -0.2) is 111 Å². The summed E-state index contributed by atoms with van der Waals surface area (Å²) in [7, 11) is 1.68. The molecule has 5 amide bonds. The number of likely N-dealkylation sites (tertiary alicyclic amines) is 2. The molecule has 4 aliphatic rings. The molecule has 5 atom stereocenters. The van der Waals surface area contributed by atoms with Gasteiger partial charge in [0.1, 0.15) is 24.3 Å². The maximum absolute atomic E-state index is 14.4. The van der Waals surface area contributed by atoms with Gasteiger partial charge in [-0.2, -0.15) is 0 Å². The van der Waals surface area contributed by atoms with Crippen molar-refractivity contribution in [2.75, 3.05) is 39.3 Å². The molecule has 56 heavy (non-hydrogen) atoms. The van der Waals surface area contributed by atoms with Crippen molar-refractivity contribution in [3.63, 3.8) is 0 Å². The maximum atomic E-state index is 14.4. The predicted octanol–water partition coefficient (Wildman–Crippen LogP) is 2.65.